The van der Waals surface area contributed by atoms with Crippen LogP contribution in [0.25, 0.3) is 0 Å². The van der Waals surface area contributed by atoms with Gasteiger partial charge in [-0.25, -0.2) is 4.79 Å². The fourth-order valence-electron chi connectivity index (χ4n) is 2.44. The number of aryl methyl sites for hydroxylation is 1. The molecule has 3 rings (SSSR count). The molecule has 1 atom stereocenters. The maximum atomic E-state index is 12.3. The highest BCUT2D eigenvalue weighted by molar-refractivity contribution is 6.08. The van der Waals surface area contributed by atoms with Crippen LogP contribution in [-0.4, -0.2) is 44.8 Å². The summed E-state index contributed by atoms with van der Waals surface area (Å²) in [7, 11) is 0. The highest BCUT2D eigenvalue weighted by atomic mass is 19.4. The quantitative estimate of drug-likeness (QED) is 0.629. The van der Waals surface area contributed by atoms with Gasteiger partial charge in [0.15, 0.2) is 0 Å². The van der Waals surface area contributed by atoms with Crippen LogP contribution in [0.4, 0.5) is 24.5 Å². The summed E-state index contributed by atoms with van der Waals surface area (Å²) in [4.78, 5) is 26.4. The van der Waals surface area contributed by atoms with Crippen molar-refractivity contribution in [2.24, 2.45) is 5.16 Å². The Morgan fingerprint density at radius 2 is 2.03 bits per heavy atom. The fraction of sp³-hybridized carbons (Fsp3) is 0.333. The van der Waals surface area contributed by atoms with Crippen LogP contribution in [0.2, 0.25) is 0 Å². The Morgan fingerprint density at radius 3 is 2.63 bits per heavy atom. The molecule has 1 aliphatic rings. The molecule has 1 amide bonds. The highest BCUT2D eigenvalue weighted by Crippen LogP contribution is 2.22. The Bertz CT molecular complexity index is 927. The molecule has 0 saturated carbocycles. The average Bonchev–Trinajstić information content (AvgIpc) is 3.32. The van der Waals surface area contributed by atoms with E-state index in [4.69, 9.17) is 20.5 Å². The van der Waals surface area contributed by atoms with Crippen molar-refractivity contribution in [3.8, 4) is 0 Å². The summed E-state index contributed by atoms with van der Waals surface area (Å²) in [5.74, 6) is -3.00. The fourth-order valence-corrected chi connectivity index (χ4v) is 2.44. The maximum Gasteiger partial charge on any atom is 0.490 e. The third-order valence-corrected chi connectivity index (χ3v) is 3.83. The lowest BCUT2D eigenvalue weighted by Crippen LogP contribution is -2.28. The summed E-state index contributed by atoms with van der Waals surface area (Å²) in [5.41, 5.74) is 8.69. The summed E-state index contributed by atoms with van der Waals surface area (Å²) in [6.45, 7) is 2.89. The first-order valence-electron chi connectivity index (χ1n) is 8.82. The molecule has 0 radical (unpaired) electrons. The molecule has 9 nitrogen and oxygen atoms in total. The number of carbonyl (C=O) groups is 2. The molecule has 1 aromatic carbocycles. The van der Waals surface area contributed by atoms with E-state index in [-0.39, 0.29) is 5.91 Å². The number of halogens is 3. The number of aliphatic carboxylic acids is 1. The number of rotatable bonds is 5. The lowest BCUT2D eigenvalue weighted by atomic mass is 10.0. The smallest absolute Gasteiger partial charge is 0.475 e. The van der Waals surface area contributed by atoms with E-state index in [2.05, 4.69) is 22.5 Å². The van der Waals surface area contributed by atoms with E-state index in [0.717, 1.165) is 18.5 Å². The van der Waals surface area contributed by atoms with Crippen LogP contribution in [0.3, 0.4) is 0 Å². The van der Waals surface area contributed by atoms with Gasteiger partial charge >= 0.3 is 12.1 Å². The van der Waals surface area contributed by atoms with E-state index in [0.29, 0.717) is 23.5 Å². The first-order valence-corrected chi connectivity index (χ1v) is 8.82. The van der Waals surface area contributed by atoms with Crippen molar-refractivity contribution in [3.63, 3.8) is 0 Å². The Labute approximate surface area is 169 Å². The predicted molar refractivity (Wildman–Crippen MR) is 102 cm³/mol. The molecule has 1 aromatic heterocycles. The van der Waals surface area contributed by atoms with Gasteiger partial charge in [-0.1, -0.05) is 30.3 Å². The monoisotopic (exact) mass is 427 g/mol. The minimum absolute atomic E-state index is 0.241. The van der Waals surface area contributed by atoms with Gasteiger partial charge in [-0.2, -0.15) is 18.3 Å². The topological polar surface area (TPSA) is 132 Å². The Kier molecular flexibility index (Phi) is 7.39. The van der Waals surface area contributed by atoms with E-state index in [1.165, 1.54) is 0 Å². The molecular formula is C18H20F3N5O4. The van der Waals surface area contributed by atoms with Gasteiger partial charge in [-0.15, -0.1) is 0 Å². The van der Waals surface area contributed by atoms with Gasteiger partial charge in [0, 0.05) is 30.4 Å². The summed E-state index contributed by atoms with van der Waals surface area (Å²) >= 11 is 0. The number of carbonyl (C=O) groups excluding carboxylic acids is 1. The van der Waals surface area contributed by atoms with Crippen molar-refractivity contribution in [2.75, 3.05) is 11.1 Å². The van der Waals surface area contributed by atoms with Crippen LogP contribution in [0.5, 0.6) is 0 Å². The zero-order valence-corrected chi connectivity index (χ0v) is 15.9. The molecule has 0 fully saturated rings. The Morgan fingerprint density at radius 1 is 1.37 bits per heavy atom. The van der Waals surface area contributed by atoms with E-state index >= 15 is 0 Å². The molecular weight excluding hydrogens is 407 g/mol. The lowest BCUT2D eigenvalue weighted by molar-refractivity contribution is -0.192. The van der Waals surface area contributed by atoms with Gasteiger partial charge in [-0.3, -0.25) is 9.48 Å². The number of amides is 1. The normalized spacial score (nSPS) is 15.5. The largest absolute Gasteiger partial charge is 0.490 e. The van der Waals surface area contributed by atoms with Crippen molar-refractivity contribution in [3.05, 3.63) is 42.2 Å². The molecule has 2 aromatic rings. The predicted octanol–water partition coefficient (Wildman–Crippen LogP) is 2.64. The van der Waals surface area contributed by atoms with Crippen LogP contribution < -0.4 is 11.1 Å². The van der Waals surface area contributed by atoms with Crippen molar-refractivity contribution < 1.29 is 32.7 Å². The van der Waals surface area contributed by atoms with E-state index in [1.54, 1.807) is 23.1 Å². The SMILES string of the molecule is CCCn1cc(NC(=O)C2CC(c3ccccc3N)=NO2)cn1.O=C(O)C(F)(F)F. The van der Waals surface area contributed by atoms with Crippen LogP contribution >= 0.6 is 0 Å². The van der Waals surface area contributed by atoms with Crippen molar-refractivity contribution in [1.29, 1.82) is 0 Å². The molecule has 1 aliphatic heterocycles. The van der Waals surface area contributed by atoms with Crippen LogP contribution in [0.15, 0.2) is 41.8 Å². The number of benzene rings is 1. The summed E-state index contributed by atoms with van der Waals surface area (Å²) in [5, 5.41) is 18.1. The first kappa shape index (κ1) is 22.7. The summed E-state index contributed by atoms with van der Waals surface area (Å²) in [6.07, 6.45) is -0.939. The first-order chi connectivity index (χ1) is 14.1. The molecule has 12 heteroatoms. The standard InChI is InChI=1S/C16H19N5O2.C2HF3O2/c1-2-7-21-10-11(9-18-21)19-16(22)15-8-14(20-23-15)12-5-3-4-6-13(12)17;3-2(4,5)1(6)7/h3-6,9-10,15H,2,7-8,17H2,1H3,(H,19,22);(H,6,7). The van der Waals surface area contributed by atoms with Gasteiger partial charge in [0.2, 0.25) is 6.10 Å². The molecule has 1 unspecified atom stereocenters. The van der Waals surface area contributed by atoms with Crippen LogP contribution in [-0.2, 0) is 21.0 Å². The van der Waals surface area contributed by atoms with E-state index < -0.39 is 18.2 Å². The third kappa shape index (κ3) is 6.22. The van der Waals surface area contributed by atoms with Gasteiger partial charge in [0.1, 0.15) is 0 Å². The Balaban J connectivity index is 0.000000396. The second-order valence-corrected chi connectivity index (χ2v) is 6.21. The minimum atomic E-state index is -5.08. The van der Waals surface area contributed by atoms with Gasteiger partial charge in [-0.05, 0) is 12.5 Å². The van der Waals surface area contributed by atoms with Crippen LogP contribution in [0, 0.1) is 0 Å². The van der Waals surface area contributed by atoms with Crippen LogP contribution in [0.1, 0.15) is 25.3 Å². The minimum Gasteiger partial charge on any atom is -0.475 e. The molecule has 0 saturated heterocycles. The van der Waals surface area contributed by atoms with Gasteiger partial charge < -0.3 is 21.0 Å². The number of carboxylic acids is 1. The number of nitrogens with one attached hydrogen (secondary N) is 1. The molecule has 162 valence electrons. The number of hydrogen-bond acceptors (Lipinski definition) is 6. The zero-order chi connectivity index (χ0) is 22.3. The number of nitrogens with zero attached hydrogens (tertiary/aromatic N) is 3. The number of carboxylic acid groups (broad SMARTS) is 1. The number of nitrogen functional groups attached to an aromatic ring is 1. The third-order valence-electron chi connectivity index (χ3n) is 3.83. The number of oxime groups is 1. The number of alkyl halides is 3. The van der Waals surface area contributed by atoms with Gasteiger partial charge in [0.05, 0.1) is 17.6 Å². The van der Waals surface area contributed by atoms with Gasteiger partial charge in [0.25, 0.3) is 5.91 Å². The summed E-state index contributed by atoms with van der Waals surface area (Å²) in [6, 6.07) is 7.40. The number of para-hydroxylation sites is 1. The number of nitrogens with two attached hydrogens (primary N) is 1. The summed E-state index contributed by atoms with van der Waals surface area (Å²) < 4.78 is 33.5. The molecule has 0 spiro atoms. The second kappa shape index (κ2) is 9.76. The van der Waals surface area contributed by atoms with Crippen molar-refractivity contribution in [1.82, 2.24) is 9.78 Å². The Hall–Kier alpha value is -3.57. The zero-order valence-electron chi connectivity index (χ0n) is 15.9. The lowest BCUT2D eigenvalue weighted by Gasteiger charge is -2.08. The molecule has 0 bridgehead atoms. The molecule has 0 aliphatic carbocycles. The highest BCUT2D eigenvalue weighted by Gasteiger charge is 2.38. The number of hydrogen-bond donors (Lipinski definition) is 3. The molecule has 2 heterocycles. The maximum absolute atomic E-state index is 12.3. The van der Waals surface area contributed by atoms with Crippen molar-refractivity contribution >= 4 is 29.0 Å². The van der Waals surface area contributed by atoms with Crippen molar-refractivity contribution in [2.45, 2.75) is 38.6 Å². The molecule has 4 N–H and O–H groups in total. The van der Waals surface area contributed by atoms with E-state index in [9.17, 15) is 18.0 Å². The van der Waals surface area contributed by atoms with E-state index in [1.807, 2.05) is 18.2 Å². The number of aromatic nitrogens is 2. The molecule has 30 heavy (non-hydrogen) atoms. The second-order valence-electron chi connectivity index (χ2n) is 6.21. The number of anilines is 2. The average molecular weight is 427 g/mol.